The number of fused-ring (bicyclic) bond motifs is 1. The van der Waals surface area contributed by atoms with Gasteiger partial charge in [-0.3, -0.25) is 14.6 Å². The number of H-pyrrole nitrogens is 1. The number of aromatic amines is 1. The predicted octanol–water partition coefficient (Wildman–Crippen LogP) is 4.71. The summed E-state index contributed by atoms with van der Waals surface area (Å²) in [4.78, 5) is 12.9. The van der Waals surface area contributed by atoms with Gasteiger partial charge in [-0.15, -0.1) is 0 Å². The van der Waals surface area contributed by atoms with Crippen LogP contribution in [-0.4, -0.2) is 14.9 Å². The van der Waals surface area contributed by atoms with Crippen LogP contribution < -0.4 is 5.56 Å². The van der Waals surface area contributed by atoms with E-state index in [-0.39, 0.29) is 11.3 Å². The number of phenols is 1. The maximum atomic E-state index is 12.9. The fraction of sp³-hybridized carbons (Fsp3) is 0.136. The summed E-state index contributed by atoms with van der Waals surface area (Å²) in [6.07, 6.45) is 0. The second-order valence-corrected chi connectivity index (χ2v) is 7.16. The van der Waals surface area contributed by atoms with E-state index < -0.39 is 5.92 Å². The van der Waals surface area contributed by atoms with Gasteiger partial charge in [-0.1, -0.05) is 54.1 Å². The number of nitrogens with zero attached hydrogens (tertiary/aromatic N) is 1. The first-order chi connectivity index (χ1) is 13.0. The largest absolute Gasteiger partial charge is 0.508 e. The number of benzene rings is 3. The van der Waals surface area contributed by atoms with Crippen molar-refractivity contribution in [2.75, 3.05) is 0 Å². The zero-order valence-electron chi connectivity index (χ0n) is 15.0. The number of aromatic nitrogens is 2. The average Bonchev–Trinajstić information content (AvgIpc) is 2.90. The van der Waals surface area contributed by atoms with Gasteiger partial charge in [0.25, 0.3) is 5.56 Å². The Kier molecular flexibility index (Phi) is 4.28. The summed E-state index contributed by atoms with van der Waals surface area (Å²) in [7, 11) is 1.69. The molecule has 0 spiro atoms. The zero-order valence-corrected chi connectivity index (χ0v) is 15.8. The summed E-state index contributed by atoms with van der Waals surface area (Å²) >= 11 is 6.25. The molecule has 1 atom stereocenters. The number of phenolic OH excluding ortho intramolecular Hbond substituents is 1. The van der Waals surface area contributed by atoms with Crippen LogP contribution in [0.3, 0.4) is 0 Å². The van der Waals surface area contributed by atoms with Crippen molar-refractivity contribution < 1.29 is 5.11 Å². The number of nitrogens with one attached hydrogen (secondary N) is 1. The first kappa shape index (κ1) is 17.4. The number of aryl methyl sites for hydroxylation is 2. The molecule has 27 heavy (non-hydrogen) atoms. The molecule has 3 aromatic carbocycles. The van der Waals surface area contributed by atoms with E-state index in [0.29, 0.717) is 16.1 Å². The standard InChI is InChI=1S/C22H19ClN2O2/c1-13-19(22(27)25(2)24-13)20(15-7-5-8-16(23)12-15)21-17-9-4-3-6-14(17)10-11-18(21)26/h3-12,20,24,26H,1-2H3. The lowest BCUT2D eigenvalue weighted by atomic mass is 9.82. The number of hydrogen-bond donors (Lipinski definition) is 2. The van der Waals surface area contributed by atoms with Crippen LogP contribution in [-0.2, 0) is 7.05 Å². The van der Waals surface area contributed by atoms with Gasteiger partial charge in [-0.25, -0.2) is 0 Å². The van der Waals surface area contributed by atoms with E-state index in [1.54, 1.807) is 19.2 Å². The van der Waals surface area contributed by atoms with Crippen LogP contribution in [0.4, 0.5) is 0 Å². The van der Waals surface area contributed by atoms with Crippen molar-refractivity contribution in [2.45, 2.75) is 12.8 Å². The molecule has 1 heterocycles. The summed E-state index contributed by atoms with van der Waals surface area (Å²) in [5.74, 6) is -0.291. The molecular weight excluding hydrogens is 360 g/mol. The number of aromatic hydroxyl groups is 1. The fourth-order valence-electron chi connectivity index (χ4n) is 3.79. The molecule has 0 aliphatic carbocycles. The van der Waals surface area contributed by atoms with Crippen LogP contribution in [0.5, 0.6) is 5.75 Å². The molecule has 0 amide bonds. The van der Waals surface area contributed by atoms with Crippen LogP contribution in [0.25, 0.3) is 10.8 Å². The van der Waals surface area contributed by atoms with E-state index in [1.807, 2.05) is 55.5 Å². The molecule has 0 saturated heterocycles. The third kappa shape index (κ3) is 2.92. The Balaban J connectivity index is 2.12. The molecule has 4 rings (SSSR count). The Bertz CT molecular complexity index is 1210. The van der Waals surface area contributed by atoms with Gasteiger partial charge in [0.15, 0.2) is 0 Å². The Hall–Kier alpha value is -2.98. The quantitative estimate of drug-likeness (QED) is 0.542. The van der Waals surface area contributed by atoms with Crippen molar-refractivity contribution in [2.24, 2.45) is 7.05 Å². The zero-order chi connectivity index (χ0) is 19.1. The number of hydrogen-bond acceptors (Lipinski definition) is 2. The highest BCUT2D eigenvalue weighted by atomic mass is 35.5. The molecule has 4 nitrogen and oxygen atoms in total. The summed E-state index contributed by atoms with van der Waals surface area (Å²) < 4.78 is 1.46. The minimum Gasteiger partial charge on any atom is -0.508 e. The SMILES string of the molecule is Cc1[nH]n(C)c(=O)c1C(c1cccc(Cl)c1)c1c(O)ccc2ccccc12. The lowest BCUT2D eigenvalue weighted by molar-refractivity contribution is 0.468. The summed E-state index contributed by atoms with van der Waals surface area (Å²) in [5.41, 5.74) is 2.81. The minimum atomic E-state index is -0.445. The molecule has 1 unspecified atom stereocenters. The van der Waals surface area contributed by atoms with Gasteiger partial charge in [-0.2, -0.15) is 0 Å². The molecule has 0 saturated carbocycles. The van der Waals surface area contributed by atoms with Crippen molar-refractivity contribution in [3.8, 4) is 5.75 Å². The third-order valence-electron chi connectivity index (χ3n) is 4.98. The molecule has 0 aliphatic rings. The first-order valence-corrected chi connectivity index (χ1v) is 9.06. The van der Waals surface area contributed by atoms with Crippen molar-refractivity contribution in [3.63, 3.8) is 0 Å². The van der Waals surface area contributed by atoms with Gasteiger partial charge < -0.3 is 5.11 Å². The Morgan fingerprint density at radius 1 is 1.04 bits per heavy atom. The first-order valence-electron chi connectivity index (χ1n) is 8.69. The van der Waals surface area contributed by atoms with Gasteiger partial charge in [-0.05, 0) is 41.5 Å². The molecular formula is C22H19ClN2O2. The highest BCUT2D eigenvalue weighted by molar-refractivity contribution is 6.30. The van der Waals surface area contributed by atoms with Gasteiger partial charge in [0, 0.05) is 29.2 Å². The maximum absolute atomic E-state index is 12.9. The van der Waals surface area contributed by atoms with Crippen molar-refractivity contribution in [1.29, 1.82) is 0 Å². The molecule has 5 heteroatoms. The Labute approximate surface area is 161 Å². The summed E-state index contributed by atoms with van der Waals surface area (Å²) in [5, 5.41) is 16.4. The van der Waals surface area contributed by atoms with Crippen LogP contribution in [0.2, 0.25) is 5.02 Å². The van der Waals surface area contributed by atoms with Crippen LogP contribution in [0, 0.1) is 6.92 Å². The van der Waals surface area contributed by atoms with E-state index in [1.165, 1.54) is 4.68 Å². The molecule has 0 bridgehead atoms. The smallest absolute Gasteiger partial charge is 0.270 e. The van der Waals surface area contributed by atoms with Crippen molar-refractivity contribution in [3.05, 3.63) is 98.4 Å². The fourth-order valence-corrected chi connectivity index (χ4v) is 3.99. The highest BCUT2D eigenvalue weighted by Gasteiger charge is 2.28. The van der Waals surface area contributed by atoms with Crippen LogP contribution in [0.15, 0.2) is 65.5 Å². The molecule has 0 aliphatic heterocycles. The second kappa shape index (κ2) is 6.63. The molecule has 2 N–H and O–H groups in total. The number of halogens is 1. The second-order valence-electron chi connectivity index (χ2n) is 6.72. The molecule has 1 aromatic heterocycles. The van der Waals surface area contributed by atoms with E-state index in [4.69, 9.17) is 11.6 Å². The molecule has 4 aromatic rings. The van der Waals surface area contributed by atoms with Crippen molar-refractivity contribution in [1.82, 2.24) is 9.78 Å². The van der Waals surface area contributed by atoms with Crippen LogP contribution >= 0.6 is 11.6 Å². The molecule has 0 fully saturated rings. The summed E-state index contributed by atoms with van der Waals surface area (Å²) in [6.45, 7) is 1.87. The van der Waals surface area contributed by atoms with E-state index in [0.717, 1.165) is 22.0 Å². The Morgan fingerprint density at radius 3 is 2.52 bits per heavy atom. The minimum absolute atomic E-state index is 0.121. The molecule has 136 valence electrons. The van der Waals surface area contributed by atoms with E-state index in [9.17, 15) is 9.90 Å². The van der Waals surface area contributed by atoms with Crippen molar-refractivity contribution >= 4 is 22.4 Å². The predicted molar refractivity (Wildman–Crippen MR) is 109 cm³/mol. The lowest BCUT2D eigenvalue weighted by Gasteiger charge is -2.21. The molecule has 0 radical (unpaired) electrons. The number of rotatable bonds is 3. The Morgan fingerprint density at radius 2 is 1.81 bits per heavy atom. The van der Waals surface area contributed by atoms with Crippen LogP contribution in [0.1, 0.15) is 28.3 Å². The topological polar surface area (TPSA) is 58.0 Å². The average molecular weight is 379 g/mol. The maximum Gasteiger partial charge on any atom is 0.270 e. The monoisotopic (exact) mass is 378 g/mol. The van der Waals surface area contributed by atoms with E-state index in [2.05, 4.69) is 5.10 Å². The lowest BCUT2D eigenvalue weighted by Crippen LogP contribution is -2.19. The van der Waals surface area contributed by atoms with Gasteiger partial charge >= 0.3 is 0 Å². The van der Waals surface area contributed by atoms with Gasteiger partial charge in [0.05, 0.1) is 5.56 Å². The summed E-state index contributed by atoms with van der Waals surface area (Å²) in [6, 6.07) is 18.9. The normalized spacial score (nSPS) is 12.4. The van der Waals surface area contributed by atoms with Gasteiger partial charge in [0.1, 0.15) is 5.75 Å². The van der Waals surface area contributed by atoms with Gasteiger partial charge in [0.2, 0.25) is 0 Å². The third-order valence-corrected chi connectivity index (χ3v) is 5.22. The highest BCUT2D eigenvalue weighted by Crippen LogP contribution is 2.41. The van der Waals surface area contributed by atoms with E-state index >= 15 is 0 Å².